The maximum absolute atomic E-state index is 11.8. The Balaban J connectivity index is 1.34. The minimum atomic E-state index is -0.300. The van der Waals surface area contributed by atoms with Gasteiger partial charge in [0.25, 0.3) is 6.01 Å². The summed E-state index contributed by atoms with van der Waals surface area (Å²) in [6.45, 7) is 3.09. The van der Waals surface area contributed by atoms with Crippen LogP contribution in [0, 0.1) is 0 Å². The van der Waals surface area contributed by atoms with Gasteiger partial charge in [0, 0.05) is 6.54 Å². The molecular formula is C24H40N2O2S. The monoisotopic (exact) mass is 420 g/mol. The Morgan fingerprint density at radius 3 is 1.90 bits per heavy atom. The number of hydrogen-bond acceptors (Lipinski definition) is 5. The third-order valence-corrected chi connectivity index (χ3v) is 6.37. The van der Waals surface area contributed by atoms with Gasteiger partial charge in [-0.25, -0.2) is 4.79 Å². The number of unbranched alkanes of at least 4 members (excludes halogenated alkanes) is 15. The average molecular weight is 421 g/mol. The summed E-state index contributed by atoms with van der Waals surface area (Å²) < 4.78 is 5.21. The predicted octanol–water partition coefficient (Wildman–Crippen LogP) is 7.92. The van der Waals surface area contributed by atoms with Gasteiger partial charge in [-0.3, -0.25) is 0 Å². The molecule has 0 radical (unpaired) electrons. The number of rotatable bonds is 18. The van der Waals surface area contributed by atoms with Crippen molar-refractivity contribution >= 4 is 27.6 Å². The molecular weight excluding hydrogens is 380 g/mol. The second kappa shape index (κ2) is 15.5. The van der Waals surface area contributed by atoms with Crippen molar-refractivity contribution in [3.8, 4) is 0 Å². The van der Waals surface area contributed by atoms with Crippen LogP contribution in [-0.2, 0) is 0 Å². The second-order valence-electron chi connectivity index (χ2n) is 8.18. The van der Waals surface area contributed by atoms with Crippen molar-refractivity contribution in [3.63, 3.8) is 0 Å². The van der Waals surface area contributed by atoms with Crippen LogP contribution in [0.25, 0.3) is 10.2 Å². The van der Waals surface area contributed by atoms with E-state index in [1.165, 1.54) is 108 Å². The van der Waals surface area contributed by atoms with Crippen molar-refractivity contribution in [1.29, 1.82) is 0 Å². The Morgan fingerprint density at radius 1 is 0.828 bits per heavy atom. The third-order valence-electron chi connectivity index (χ3n) is 5.56. The van der Waals surface area contributed by atoms with Gasteiger partial charge in [0.15, 0.2) is 0 Å². The van der Waals surface area contributed by atoms with Gasteiger partial charge in [-0.15, -0.1) is 11.3 Å². The fourth-order valence-electron chi connectivity index (χ4n) is 3.75. The van der Waals surface area contributed by atoms with Crippen LogP contribution in [0.2, 0.25) is 0 Å². The molecule has 4 nitrogen and oxygen atoms in total. The Hall–Kier alpha value is -1.36. The summed E-state index contributed by atoms with van der Waals surface area (Å²) in [6, 6.07) is 2.11. The molecule has 0 aliphatic carbocycles. The number of thiophene rings is 1. The molecule has 0 amide bonds. The first kappa shape index (κ1) is 23.9. The number of aromatic nitrogens is 1. The summed E-state index contributed by atoms with van der Waals surface area (Å²) in [5, 5.41) is 5.59. The van der Waals surface area contributed by atoms with Gasteiger partial charge >= 0.3 is 5.63 Å². The minimum absolute atomic E-state index is 0.300. The third kappa shape index (κ3) is 10.3. The van der Waals surface area contributed by atoms with Crippen LogP contribution in [0.4, 0.5) is 6.01 Å². The van der Waals surface area contributed by atoms with Gasteiger partial charge in [0.05, 0.1) is 5.39 Å². The predicted molar refractivity (Wildman–Crippen MR) is 126 cm³/mol. The Morgan fingerprint density at radius 2 is 1.34 bits per heavy atom. The van der Waals surface area contributed by atoms with Crippen LogP contribution >= 0.6 is 11.3 Å². The van der Waals surface area contributed by atoms with Crippen molar-refractivity contribution in [3.05, 3.63) is 21.9 Å². The summed E-state index contributed by atoms with van der Waals surface area (Å²) in [4.78, 5) is 16.9. The van der Waals surface area contributed by atoms with E-state index in [4.69, 9.17) is 4.42 Å². The van der Waals surface area contributed by atoms with E-state index in [-0.39, 0.29) is 5.63 Å². The molecule has 5 heteroatoms. The molecule has 0 fully saturated rings. The summed E-state index contributed by atoms with van der Waals surface area (Å²) in [7, 11) is 0. The van der Waals surface area contributed by atoms with Crippen molar-refractivity contribution in [2.75, 3.05) is 11.9 Å². The Kier molecular flexibility index (Phi) is 12.8. The maximum Gasteiger partial charge on any atom is 0.349 e. The van der Waals surface area contributed by atoms with E-state index >= 15 is 0 Å². The van der Waals surface area contributed by atoms with Crippen LogP contribution in [0.3, 0.4) is 0 Å². The number of nitrogens with one attached hydrogen (secondary N) is 1. The minimum Gasteiger partial charge on any atom is -0.389 e. The molecule has 1 N–H and O–H groups in total. The highest BCUT2D eigenvalue weighted by Crippen LogP contribution is 2.17. The van der Waals surface area contributed by atoms with Gasteiger partial charge in [-0.2, -0.15) is 4.98 Å². The van der Waals surface area contributed by atoms with E-state index in [1.807, 2.05) is 5.38 Å². The summed E-state index contributed by atoms with van der Waals surface area (Å²) in [5.74, 6) is 0. The highest BCUT2D eigenvalue weighted by Gasteiger charge is 2.06. The van der Waals surface area contributed by atoms with E-state index in [9.17, 15) is 4.79 Å². The molecule has 0 aliphatic rings. The SMILES string of the molecule is CCCCCCCCCCCCCCCCCCNc1nc2sccc2c(=O)o1. The van der Waals surface area contributed by atoms with Crippen molar-refractivity contribution in [2.45, 2.75) is 110 Å². The highest BCUT2D eigenvalue weighted by molar-refractivity contribution is 7.16. The van der Waals surface area contributed by atoms with Gasteiger partial charge in [-0.05, 0) is 17.9 Å². The Labute approximate surface area is 180 Å². The molecule has 0 bridgehead atoms. The van der Waals surface area contributed by atoms with Gasteiger partial charge < -0.3 is 9.73 Å². The largest absolute Gasteiger partial charge is 0.389 e. The summed E-state index contributed by atoms with van der Waals surface area (Å²) in [5.41, 5.74) is -0.300. The molecule has 0 saturated heterocycles. The quantitative estimate of drug-likeness (QED) is 0.249. The van der Waals surface area contributed by atoms with Gasteiger partial charge in [0.2, 0.25) is 0 Å². The number of nitrogens with zero attached hydrogens (tertiary/aromatic N) is 1. The molecule has 0 saturated carbocycles. The van der Waals surface area contributed by atoms with E-state index < -0.39 is 0 Å². The van der Waals surface area contributed by atoms with Crippen LogP contribution in [0.15, 0.2) is 20.7 Å². The van der Waals surface area contributed by atoms with Crippen molar-refractivity contribution < 1.29 is 4.42 Å². The zero-order valence-electron chi connectivity index (χ0n) is 18.3. The van der Waals surface area contributed by atoms with E-state index in [1.54, 1.807) is 6.07 Å². The average Bonchev–Trinajstić information content (AvgIpc) is 3.19. The first-order valence-corrected chi connectivity index (χ1v) is 12.8. The summed E-state index contributed by atoms with van der Waals surface area (Å²) >= 11 is 1.47. The lowest BCUT2D eigenvalue weighted by atomic mass is 10.0. The van der Waals surface area contributed by atoms with Crippen LogP contribution < -0.4 is 10.9 Å². The molecule has 2 aromatic heterocycles. The van der Waals surface area contributed by atoms with Gasteiger partial charge in [-0.1, -0.05) is 103 Å². The molecule has 2 aromatic rings. The number of fused-ring (bicyclic) bond motifs is 1. The normalized spacial score (nSPS) is 11.3. The molecule has 0 unspecified atom stereocenters. The fourth-order valence-corrected chi connectivity index (χ4v) is 4.49. The van der Waals surface area contributed by atoms with Crippen LogP contribution in [0.1, 0.15) is 110 Å². The topological polar surface area (TPSA) is 55.1 Å². The molecule has 0 aliphatic heterocycles. The smallest absolute Gasteiger partial charge is 0.349 e. The standard InChI is InChI=1S/C24H40N2O2S/c1-2-3-4-5-6-7-8-9-10-11-12-13-14-15-16-17-19-25-24-26-22-21(18-20-29-22)23(27)28-24/h18,20H,2-17,19H2,1H3,(H,25,26). The second-order valence-corrected chi connectivity index (χ2v) is 9.07. The number of hydrogen-bond donors (Lipinski definition) is 1. The van der Waals surface area contributed by atoms with E-state index in [0.29, 0.717) is 11.4 Å². The molecule has 164 valence electrons. The van der Waals surface area contributed by atoms with Crippen molar-refractivity contribution in [2.24, 2.45) is 0 Å². The summed E-state index contributed by atoms with van der Waals surface area (Å²) in [6.07, 6.45) is 21.9. The maximum atomic E-state index is 11.8. The van der Waals surface area contributed by atoms with Crippen LogP contribution in [-0.4, -0.2) is 11.5 Å². The zero-order valence-corrected chi connectivity index (χ0v) is 19.2. The lowest BCUT2D eigenvalue weighted by molar-refractivity contribution is 0.512. The molecule has 2 rings (SSSR count). The lowest BCUT2D eigenvalue weighted by Gasteiger charge is -2.05. The lowest BCUT2D eigenvalue weighted by Crippen LogP contribution is -2.08. The van der Waals surface area contributed by atoms with Crippen molar-refractivity contribution in [1.82, 2.24) is 4.98 Å². The molecule has 0 spiro atoms. The van der Waals surface area contributed by atoms with E-state index in [2.05, 4.69) is 17.2 Å². The zero-order chi connectivity index (χ0) is 20.6. The Bertz CT molecular complexity index is 710. The highest BCUT2D eigenvalue weighted by atomic mass is 32.1. The first-order valence-electron chi connectivity index (χ1n) is 11.9. The first-order chi connectivity index (χ1) is 14.3. The molecule has 0 aromatic carbocycles. The molecule has 0 atom stereocenters. The van der Waals surface area contributed by atoms with Crippen LogP contribution in [0.5, 0.6) is 0 Å². The van der Waals surface area contributed by atoms with E-state index in [0.717, 1.165) is 17.8 Å². The number of anilines is 1. The van der Waals surface area contributed by atoms with Gasteiger partial charge in [0.1, 0.15) is 4.83 Å². The molecule has 29 heavy (non-hydrogen) atoms. The molecule has 2 heterocycles. The fraction of sp³-hybridized carbons (Fsp3) is 0.750.